The van der Waals surface area contributed by atoms with Gasteiger partial charge in [-0.2, -0.15) is 18.3 Å². The minimum absolute atomic E-state index is 0.129. The van der Waals surface area contributed by atoms with E-state index in [1.165, 1.54) is 26.0 Å². The molecule has 0 saturated heterocycles. The van der Waals surface area contributed by atoms with Gasteiger partial charge >= 0.3 is 18.6 Å². The van der Waals surface area contributed by atoms with Gasteiger partial charge in [-0.1, -0.05) is 26.0 Å². The van der Waals surface area contributed by atoms with Crippen LogP contribution >= 0.6 is 0 Å². The number of alkyl halides is 6. The number of carbonyl (C=O) groups excluding carboxylic acids is 1. The van der Waals surface area contributed by atoms with E-state index in [9.17, 15) is 36.2 Å². The smallest absolute Gasteiger partial charge is 0.506 e. The maximum Gasteiger partial charge on any atom is 0.573 e. The van der Waals surface area contributed by atoms with Gasteiger partial charge in [-0.15, -0.1) is 13.2 Å². The summed E-state index contributed by atoms with van der Waals surface area (Å²) in [5.41, 5.74) is -1.28. The number of benzene rings is 3. The molecule has 0 aliphatic carbocycles. The van der Waals surface area contributed by atoms with Gasteiger partial charge in [0.05, 0.1) is 22.8 Å². The van der Waals surface area contributed by atoms with Crippen molar-refractivity contribution in [1.82, 2.24) is 9.78 Å². The van der Waals surface area contributed by atoms with Gasteiger partial charge < -0.3 is 25.4 Å². The van der Waals surface area contributed by atoms with Crippen LogP contribution in [0.1, 0.15) is 45.0 Å². The summed E-state index contributed by atoms with van der Waals surface area (Å²) in [5, 5.41) is 20.3. The SMILES string of the molecule is CC(C)n1nc(-c2c(F)cc(O)c3c2C(C)(C)CN3c2ccccc2NC(=O)Nc2ccc(OC(F)(F)F)cc2)cc1C(F)(F)F. The number of carbonyl (C=O) groups is 1. The molecule has 1 aliphatic rings. The first-order chi connectivity index (χ1) is 21.4. The summed E-state index contributed by atoms with van der Waals surface area (Å²) in [6.07, 6.45) is -9.63. The molecule has 5 rings (SSSR count). The summed E-state index contributed by atoms with van der Waals surface area (Å²) in [6.45, 7) is 6.66. The van der Waals surface area contributed by atoms with Crippen LogP contribution in [0.2, 0.25) is 0 Å². The van der Waals surface area contributed by atoms with Gasteiger partial charge in [-0.3, -0.25) is 4.68 Å². The van der Waals surface area contributed by atoms with E-state index in [1.807, 2.05) is 0 Å². The van der Waals surface area contributed by atoms with Crippen molar-refractivity contribution in [3.63, 3.8) is 0 Å². The Morgan fingerprint density at radius 2 is 1.65 bits per heavy atom. The summed E-state index contributed by atoms with van der Waals surface area (Å²) < 4.78 is 99.3. The minimum atomic E-state index is -4.87. The van der Waals surface area contributed by atoms with E-state index >= 15 is 4.39 Å². The number of phenolic OH excluding ortho intramolecular Hbond substituents is 1. The average molecular weight is 652 g/mol. The van der Waals surface area contributed by atoms with Crippen LogP contribution in [0.4, 0.5) is 58.3 Å². The molecule has 8 nitrogen and oxygen atoms in total. The van der Waals surface area contributed by atoms with E-state index in [0.29, 0.717) is 5.69 Å². The largest absolute Gasteiger partial charge is 0.573 e. The molecule has 4 aromatic rings. The normalized spacial score (nSPS) is 14.4. The van der Waals surface area contributed by atoms with Crippen LogP contribution in [-0.2, 0) is 11.6 Å². The van der Waals surface area contributed by atoms with E-state index < -0.39 is 53.0 Å². The molecule has 0 saturated carbocycles. The van der Waals surface area contributed by atoms with Crippen molar-refractivity contribution in [2.75, 3.05) is 22.1 Å². The van der Waals surface area contributed by atoms with Crippen LogP contribution in [0.5, 0.6) is 11.5 Å². The van der Waals surface area contributed by atoms with Crippen LogP contribution in [0.3, 0.4) is 0 Å². The number of urea groups is 1. The fraction of sp³-hybridized carbons (Fsp3) is 0.290. The molecule has 1 aliphatic heterocycles. The van der Waals surface area contributed by atoms with E-state index in [2.05, 4.69) is 20.5 Å². The summed E-state index contributed by atoms with van der Waals surface area (Å²) in [7, 11) is 0. The molecular formula is C31H28F7N5O3. The highest BCUT2D eigenvalue weighted by molar-refractivity contribution is 6.03. The molecule has 15 heteroatoms. The third-order valence-electron chi connectivity index (χ3n) is 7.29. The fourth-order valence-corrected chi connectivity index (χ4v) is 5.53. The first-order valence-corrected chi connectivity index (χ1v) is 13.9. The van der Waals surface area contributed by atoms with Crippen molar-refractivity contribution in [2.24, 2.45) is 0 Å². The van der Waals surface area contributed by atoms with Crippen molar-refractivity contribution >= 4 is 28.8 Å². The zero-order chi connectivity index (χ0) is 33.8. The number of phenols is 1. The maximum atomic E-state index is 15.6. The molecule has 3 N–H and O–H groups in total. The first kappa shape index (κ1) is 32.4. The standard InChI is InChI=1S/C31H28F7N5O3/c1-16(2)43-24(30(33,34)35)14-21(41-43)25-19(32)13-23(44)27-26(25)29(3,4)15-42(27)22-8-6-5-7-20(22)40-28(45)39-17-9-11-18(12-10-17)46-31(36,37)38/h5-14,16,44H,15H2,1-4H3,(H2,39,40,45). The number of fused-ring (bicyclic) bond motifs is 1. The second kappa shape index (κ2) is 11.4. The second-order valence-corrected chi connectivity index (χ2v) is 11.6. The minimum Gasteiger partial charge on any atom is -0.506 e. The zero-order valence-corrected chi connectivity index (χ0v) is 24.8. The summed E-state index contributed by atoms with van der Waals surface area (Å²) in [5.74, 6) is -1.90. The van der Waals surface area contributed by atoms with Crippen molar-refractivity contribution in [3.05, 3.63) is 77.7 Å². The number of aromatic hydroxyl groups is 1. The number of nitrogens with zero attached hydrogens (tertiary/aromatic N) is 3. The van der Waals surface area contributed by atoms with E-state index in [0.717, 1.165) is 28.9 Å². The predicted molar refractivity (Wildman–Crippen MR) is 157 cm³/mol. The lowest BCUT2D eigenvalue weighted by molar-refractivity contribution is -0.274. The quantitative estimate of drug-likeness (QED) is 0.181. The molecule has 0 atom stereocenters. The lowest BCUT2D eigenvalue weighted by atomic mass is 9.82. The van der Waals surface area contributed by atoms with Gasteiger partial charge in [0.1, 0.15) is 23.0 Å². The van der Waals surface area contributed by atoms with Gasteiger partial charge in [0.15, 0.2) is 0 Å². The van der Waals surface area contributed by atoms with Gasteiger partial charge in [0, 0.05) is 35.3 Å². The van der Waals surface area contributed by atoms with E-state index in [1.54, 1.807) is 43.0 Å². The first-order valence-electron chi connectivity index (χ1n) is 13.9. The number of ether oxygens (including phenoxy) is 1. The van der Waals surface area contributed by atoms with E-state index in [4.69, 9.17) is 0 Å². The third-order valence-corrected chi connectivity index (χ3v) is 7.29. The topological polar surface area (TPSA) is 91.7 Å². The molecular weight excluding hydrogens is 623 g/mol. The number of anilines is 4. The molecule has 0 spiro atoms. The van der Waals surface area contributed by atoms with Crippen LogP contribution in [0, 0.1) is 5.82 Å². The van der Waals surface area contributed by atoms with Gasteiger partial charge in [-0.05, 0) is 61.9 Å². The van der Waals surface area contributed by atoms with Crippen LogP contribution in [-0.4, -0.2) is 33.8 Å². The Bertz CT molecular complexity index is 1780. The fourth-order valence-electron chi connectivity index (χ4n) is 5.53. The highest BCUT2D eigenvalue weighted by atomic mass is 19.4. The number of hydrogen-bond acceptors (Lipinski definition) is 5. The number of halogens is 7. The number of rotatable bonds is 6. The molecule has 2 amide bonds. The maximum absolute atomic E-state index is 15.6. The Morgan fingerprint density at radius 1 is 1.00 bits per heavy atom. The molecule has 0 fully saturated rings. The Kier molecular flexibility index (Phi) is 8.07. The van der Waals surface area contributed by atoms with Gasteiger partial charge in [0.25, 0.3) is 0 Å². The Labute approximate surface area is 258 Å². The number of para-hydroxylation sites is 2. The summed E-state index contributed by atoms with van der Waals surface area (Å²) in [4.78, 5) is 14.5. The number of amides is 2. The van der Waals surface area contributed by atoms with Crippen LogP contribution in [0.25, 0.3) is 11.3 Å². The van der Waals surface area contributed by atoms with Crippen LogP contribution in [0.15, 0.2) is 60.7 Å². The number of aromatic nitrogens is 2. The molecule has 0 unspecified atom stereocenters. The number of nitrogens with one attached hydrogen (secondary N) is 2. The zero-order valence-electron chi connectivity index (χ0n) is 24.8. The van der Waals surface area contributed by atoms with Gasteiger partial charge in [0.2, 0.25) is 0 Å². The molecule has 1 aromatic heterocycles. The highest BCUT2D eigenvalue weighted by Gasteiger charge is 2.44. The molecule has 0 radical (unpaired) electrons. The van der Waals surface area contributed by atoms with Crippen LogP contribution < -0.4 is 20.3 Å². The monoisotopic (exact) mass is 651 g/mol. The van der Waals surface area contributed by atoms with Crippen molar-refractivity contribution in [1.29, 1.82) is 0 Å². The molecule has 2 heterocycles. The van der Waals surface area contributed by atoms with Crippen molar-refractivity contribution in [2.45, 2.75) is 51.7 Å². The van der Waals surface area contributed by atoms with Crippen molar-refractivity contribution in [3.8, 4) is 22.8 Å². The average Bonchev–Trinajstić information content (AvgIpc) is 3.50. The highest BCUT2D eigenvalue weighted by Crippen LogP contribution is 2.54. The third kappa shape index (κ3) is 6.39. The predicted octanol–water partition coefficient (Wildman–Crippen LogP) is 8.97. The Balaban J connectivity index is 1.51. The lowest BCUT2D eigenvalue weighted by Gasteiger charge is -2.25. The lowest BCUT2D eigenvalue weighted by Crippen LogP contribution is -2.27. The van der Waals surface area contributed by atoms with Gasteiger partial charge in [-0.25, -0.2) is 9.18 Å². The number of hydrogen-bond donors (Lipinski definition) is 3. The molecule has 3 aromatic carbocycles. The van der Waals surface area contributed by atoms with Crippen molar-refractivity contribution < 1.29 is 45.4 Å². The summed E-state index contributed by atoms with van der Waals surface area (Å²) >= 11 is 0. The Morgan fingerprint density at radius 3 is 2.24 bits per heavy atom. The Hall–Kier alpha value is -4.95. The molecule has 46 heavy (non-hydrogen) atoms. The summed E-state index contributed by atoms with van der Waals surface area (Å²) in [6, 6.07) is 11.1. The van der Waals surface area contributed by atoms with E-state index in [-0.39, 0.29) is 40.4 Å². The molecule has 0 bridgehead atoms. The molecule has 244 valence electrons. The second-order valence-electron chi connectivity index (χ2n) is 11.6.